The Bertz CT molecular complexity index is 1170. The molecule has 2 aromatic carbocycles. The minimum absolute atomic E-state index is 0.141. The number of nitrogens with zero attached hydrogens (tertiary/aromatic N) is 2. The highest BCUT2D eigenvalue weighted by Crippen LogP contribution is 2.24. The lowest BCUT2D eigenvalue weighted by molar-refractivity contribution is -0.117. The van der Waals surface area contributed by atoms with E-state index in [2.05, 4.69) is 10.3 Å². The van der Waals surface area contributed by atoms with E-state index < -0.39 is 0 Å². The molecule has 0 spiro atoms. The number of furan rings is 1. The zero-order chi connectivity index (χ0) is 20.9. The van der Waals surface area contributed by atoms with Crippen molar-refractivity contribution in [1.82, 2.24) is 9.88 Å². The third kappa shape index (κ3) is 4.33. The molecule has 1 N–H and O–H groups in total. The Hall–Kier alpha value is -3.65. The number of carbonyl (C=O) groups is 2. The van der Waals surface area contributed by atoms with E-state index in [0.29, 0.717) is 22.8 Å². The number of aromatic nitrogens is 1. The Morgan fingerprint density at radius 2 is 2.03 bits per heavy atom. The van der Waals surface area contributed by atoms with Crippen molar-refractivity contribution in [2.75, 3.05) is 19.0 Å². The largest absolute Gasteiger partial charge is 0.495 e. The fraction of sp³-hybridized carbons (Fsp3) is 0.136. The monoisotopic (exact) mass is 421 g/mol. The number of hydrogen-bond donors (Lipinski definition) is 1. The first-order valence-electron chi connectivity index (χ1n) is 9.22. The fourth-order valence-electron chi connectivity index (χ4n) is 3.07. The molecule has 152 valence electrons. The minimum Gasteiger partial charge on any atom is -0.495 e. The second kappa shape index (κ2) is 8.79. The van der Waals surface area contributed by atoms with Gasteiger partial charge in [0.05, 0.1) is 41.3 Å². The second-order valence-corrected chi connectivity index (χ2v) is 7.41. The SMILES string of the molecule is COc1ccccc1NC(=O)CN(Cc1ccco1)C(=O)c1ccc2ncsc2c1. The normalized spacial score (nSPS) is 10.7. The van der Waals surface area contributed by atoms with Gasteiger partial charge < -0.3 is 19.4 Å². The molecule has 0 aliphatic heterocycles. The number of nitrogens with one attached hydrogen (secondary N) is 1. The summed E-state index contributed by atoms with van der Waals surface area (Å²) in [7, 11) is 1.54. The van der Waals surface area contributed by atoms with Crippen LogP contribution in [0.25, 0.3) is 10.2 Å². The summed E-state index contributed by atoms with van der Waals surface area (Å²) in [6, 6.07) is 15.9. The summed E-state index contributed by atoms with van der Waals surface area (Å²) >= 11 is 1.46. The third-order valence-electron chi connectivity index (χ3n) is 4.51. The Morgan fingerprint density at radius 3 is 2.83 bits per heavy atom. The maximum atomic E-state index is 13.2. The molecule has 0 radical (unpaired) electrons. The lowest BCUT2D eigenvalue weighted by atomic mass is 10.2. The first-order chi connectivity index (χ1) is 14.6. The zero-order valence-electron chi connectivity index (χ0n) is 16.2. The van der Waals surface area contributed by atoms with Gasteiger partial charge in [0.15, 0.2) is 0 Å². The van der Waals surface area contributed by atoms with Crippen molar-refractivity contribution in [3.8, 4) is 5.75 Å². The highest BCUT2D eigenvalue weighted by atomic mass is 32.1. The summed E-state index contributed by atoms with van der Waals surface area (Å²) in [5, 5.41) is 2.81. The predicted molar refractivity (Wildman–Crippen MR) is 115 cm³/mol. The first kappa shape index (κ1) is 19.7. The zero-order valence-corrected chi connectivity index (χ0v) is 17.0. The van der Waals surface area contributed by atoms with Crippen LogP contribution in [-0.4, -0.2) is 35.4 Å². The van der Waals surface area contributed by atoms with Gasteiger partial charge in [-0.3, -0.25) is 9.59 Å². The average Bonchev–Trinajstić information content (AvgIpc) is 3.44. The molecule has 4 aromatic rings. The van der Waals surface area contributed by atoms with Crippen LogP contribution < -0.4 is 10.1 Å². The predicted octanol–water partition coefficient (Wildman–Crippen LogP) is 4.18. The molecule has 0 bridgehead atoms. The number of para-hydroxylation sites is 2. The standard InChI is InChI=1S/C22H19N3O4S/c1-28-19-7-3-2-6-17(19)24-21(26)13-25(12-16-5-4-10-29-16)22(27)15-8-9-18-20(11-15)30-14-23-18/h2-11,14H,12-13H2,1H3,(H,24,26). The van der Waals surface area contributed by atoms with E-state index in [4.69, 9.17) is 9.15 Å². The smallest absolute Gasteiger partial charge is 0.254 e. The molecule has 0 aliphatic rings. The molecule has 8 heteroatoms. The summed E-state index contributed by atoms with van der Waals surface area (Å²) in [6.07, 6.45) is 1.54. The molecule has 2 aromatic heterocycles. The Balaban J connectivity index is 1.55. The van der Waals surface area contributed by atoms with E-state index >= 15 is 0 Å². The molecule has 7 nitrogen and oxygen atoms in total. The summed E-state index contributed by atoms with van der Waals surface area (Å²) < 4.78 is 11.6. The molecule has 2 heterocycles. The minimum atomic E-state index is -0.335. The van der Waals surface area contributed by atoms with E-state index in [-0.39, 0.29) is 24.9 Å². The molecule has 0 unspecified atom stereocenters. The van der Waals surface area contributed by atoms with Crippen LogP contribution in [0, 0.1) is 0 Å². The number of rotatable bonds is 7. The quantitative estimate of drug-likeness (QED) is 0.484. The maximum Gasteiger partial charge on any atom is 0.254 e. The van der Waals surface area contributed by atoms with Crippen LogP contribution in [0.5, 0.6) is 5.75 Å². The number of anilines is 1. The second-order valence-electron chi connectivity index (χ2n) is 6.52. The highest BCUT2D eigenvalue weighted by molar-refractivity contribution is 7.16. The van der Waals surface area contributed by atoms with E-state index in [1.807, 2.05) is 6.07 Å². The van der Waals surface area contributed by atoms with Gasteiger partial charge in [-0.2, -0.15) is 0 Å². The molecule has 0 saturated heterocycles. The van der Waals surface area contributed by atoms with Gasteiger partial charge in [-0.15, -0.1) is 11.3 Å². The third-order valence-corrected chi connectivity index (χ3v) is 5.30. The Kier molecular flexibility index (Phi) is 5.76. The van der Waals surface area contributed by atoms with Crippen LogP contribution in [0.2, 0.25) is 0 Å². The highest BCUT2D eigenvalue weighted by Gasteiger charge is 2.21. The van der Waals surface area contributed by atoms with Gasteiger partial charge in [-0.1, -0.05) is 12.1 Å². The van der Waals surface area contributed by atoms with E-state index in [1.54, 1.807) is 54.0 Å². The number of methoxy groups -OCH3 is 1. The molecule has 2 amide bonds. The van der Waals surface area contributed by atoms with Gasteiger partial charge in [0.2, 0.25) is 5.91 Å². The number of thiazole rings is 1. The number of benzene rings is 2. The lowest BCUT2D eigenvalue weighted by Gasteiger charge is -2.21. The fourth-order valence-corrected chi connectivity index (χ4v) is 3.79. The molecule has 0 saturated carbocycles. The first-order valence-corrected chi connectivity index (χ1v) is 10.1. The van der Waals surface area contributed by atoms with Crippen LogP contribution in [0.4, 0.5) is 5.69 Å². The van der Waals surface area contributed by atoms with Gasteiger partial charge in [0, 0.05) is 5.56 Å². The van der Waals surface area contributed by atoms with Gasteiger partial charge in [-0.25, -0.2) is 4.98 Å². The van der Waals surface area contributed by atoms with Crippen molar-refractivity contribution in [3.63, 3.8) is 0 Å². The van der Waals surface area contributed by atoms with Gasteiger partial charge >= 0.3 is 0 Å². The molecule has 0 aliphatic carbocycles. The summed E-state index contributed by atoms with van der Waals surface area (Å²) in [4.78, 5) is 31.6. The molecular formula is C22H19N3O4S. The molecule has 30 heavy (non-hydrogen) atoms. The number of hydrogen-bond acceptors (Lipinski definition) is 6. The molecule has 4 rings (SSSR count). The van der Waals surface area contributed by atoms with E-state index in [1.165, 1.54) is 29.6 Å². The molecule has 0 atom stereocenters. The van der Waals surface area contributed by atoms with Crippen LogP contribution in [-0.2, 0) is 11.3 Å². The number of fused-ring (bicyclic) bond motifs is 1. The Labute approximate surface area is 176 Å². The topological polar surface area (TPSA) is 84.7 Å². The van der Waals surface area contributed by atoms with Crippen molar-refractivity contribution >= 4 is 39.1 Å². The average molecular weight is 421 g/mol. The maximum absolute atomic E-state index is 13.2. The van der Waals surface area contributed by atoms with Crippen LogP contribution >= 0.6 is 11.3 Å². The van der Waals surface area contributed by atoms with Crippen LogP contribution in [0.1, 0.15) is 16.1 Å². The van der Waals surface area contributed by atoms with Crippen LogP contribution in [0.15, 0.2) is 70.8 Å². The Morgan fingerprint density at radius 1 is 1.17 bits per heavy atom. The summed E-state index contributed by atoms with van der Waals surface area (Å²) in [6.45, 7) is 0.0320. The van der Waals surface area contributed by atoms with Crippen molar-refractivity contribution in [3.05, 3.63) is 77.7 Å². The number of carbonyl (C=O) groups excluding carboxylic acids is 2. The molecular weight excluding hydrogens is 402 g/mol. The van der Waals surface area contributed by atoms with E-state index in [9.17, 15) is 9.59 Å². The van der Waals surface area contributed by atoms with Crippen molar-refractivity contribution in [2.24, 2.45) is 0 Å². The van der Waals surface area contributed by atoms with Crippen molar-refractivity contribution in [2.45, 2.75) is 6.54 Å². The number of ether oxygens (including phenoxy) is 1. The van der Waals surface area contributed by atoms with Crippen LogP contribution in [0.3, 0.4) is 0 Å². The molecule has 0 fully saturated rings. The van der Waals surface area contributed by atoms with E-state index in [0.717, 1.165) is 10.2 Å². The summed E-state index contributed by atoms with van der Waals surface area (Å²) in [5.74, 6) is 0.535. The van der Waals surface area contributed by atoms with Crippen molar-refractivity contribution in [1.29, 1.82) is 0 Å². The van der Waals surface area contributed by atoms with Gasteiger partial charge in [0.1, 0.15) is 18.1 Å². The van der Waals surface area contributed by atoms with Crippen molar-refractivity contribution < 1.29 is 18.7 Å². The van der Waals surface area contributed by atoms with Gasteiger partial charge in [-0.05, 0) is 42.5 Å². The number of amides is 2. The summed E-state index contributed by atoms with van der Waals surface area (Å²) in [5.41, 5.74) is 3.60. The lowest BCUT2D eigenvalue weighted by Crippen LogP contribution is -2.37. The van der Waals surface area contributed by atoms with Gasteiger partial charge in [0.25, 0.3) is 5.91 Å².